The van der Waals surface area contributed by atoms with E-state index in [-0.39, 0.29) is 75.0 Å². The lowest BCUT2D eigenvalue weighted by Gasteiger charge is -2.38. The van der Waals surface area contributed by atoms with E-state index >= 15 is 0 Å². The lowest BCUT2D eigenvalue weighted by molar-refractivity contribution is -0.177. The van der Waals surface area contributed by atoms with E-state index in [9.17, 15) is 24.6 Å². The van der Waals surface area contributed by atoms with Crippen molar-refractivity contribution in [3.05, 3.63) is 63.9 Å². The van der Waals surface area contributed by atoms with Crippen LogP contribution in [0.3, 0.4) is 0 Å². The molecule has 0 aromatic heterocycles. The summed E-state index contributed by atoms with van der Waals surface area (Å²) in [6.45, 7) is 11.9. The number of benzene rings is 2. The summed E-state index contributed by atoms with van der Waals surface area (Å²) in [7, 11) is 0. The van der Waals surface area contributed by atoms with E-state index in [0.717, 1.165) is 5.56 Å². The Kier molecular flexibility index (Phi) is 5.61. The molecule has 5 rings (SSSR count). The molecule has 38 heavy (non-hydrogen) atoms. The number of carbonyl (C=O) groups excluding carboxylic acids is 3. The summed E-state index contributed by atoms with van der Waals surface area (Å²) in [6, 6.07) is 9.55. The first-order valence-electron chi connectivity index (χ1n) is 13.1. The quantitative estimate of drug-likeness (QED) is 0.395. The van der Waals surface area contributed by atoms with Crippen LogP contribution >= 0.6 is 0 Å². The molecule has 0 amide bonds. The normalized spacial score (nSPS) is 24.6. The first kappa shape index (κ1) is 26.0. The molecule has 0 saturated carbocycles. The molecule has 0 saturated heterocycles. The van der Waals surface area contributed by atoms with E-state index in [2.05, 4.69) is 0 Å². The molecular weight excluding hydrogens is 484 g/mol. The highest BCUT2D eigenvalue weighted by Gasteiger charge is 2.69. The third-order valence-corrected chi connectivity index (χ3v) is 8.50. The number of ketones is 3. The van der Waals surface area contributed by atoms with Gasteiger partial charge in [0.05, 0.1) is 22.0 Å². The number of ether oxygens (including phenoxy) is 2. The summed E-state index contributed by atoms with van der Waals surface area (Å²) in [6.07, 6.45) is 0.570. The highest BCUT2D eigenvalue weighted by atomic mass is 16.7. The molecule has 0 spiro atoms. The zero-order chi connectivity index (χ0) is 27.9. The number of hydrogen-bond acceptors (Lipinski definition) is 7. The van der Waals surface area contributed by atoms with Gasteiger partial charge in [-0.3, -0.25) is 14.4 Å². The molecule has 0 radical (unpaired) electrons. The third-order valence-electron chi connectivity index (χ3n) is 8.50. The molecule has 7 heteroatoms. The average Bonchev–Trinajstić information content (AvgIpc) is 3.38. The fourth-order valence-corrected chi connectivity index (χ4v) is 6.29. The standard InChI is InChI=1S/C31H34O7/c1-15(2)31-22(21-26(35)29(4,5)28(36)30(6,7)27(21)38-31)20-24(34)16(3)23(33)19(25(20)37-31)18(32)14-13-17-11-9-8-10-12-17/h8-12,15,22,33-34H,13-14H2,1-7H3/t22-,31+/m1/s1. The Morgan fingerprint density at radius 1 is 0.974 bits per heavy atom. The second-order valence-electron chi connectivity index (χ2n) is 12.0. The van der Waals surface area contributed by atoms with E-state index in [1.54, 1.807) is 27.7 Å². The molecule has 2 aromatic carbocycles. The number of phenols is 2. The monoisotopic (exact) mass is 518 g/mol. The summed E-state index contributed by atoms with van der Waals surface area (Å²) in [5, 5.41) is 22.4. The minimum Gasteiger partial charge on any atom is -0.507 e. The third kappa shape index (κ3) is 3.23. The lowest BCUT2D eigenvalue weighted by atomic mass is 9.61. The zero-order valence-electron chi connectivity index (χ0n) is 22.9. The largest absolute Gasteiger partial charge is 0.507 e. The van der Waals surface area contributed by atoms with Crippen LogP contribution in [-0.2, 0) is 20.7 Å². The summed E-state index contributed by atoms with van der Waals surface area (Å²) in [5.41, 5.74) is -0.794. The van der Waals surface area contributed by atoms with Gasteiger partial charge in [-0.25, -0.2) is 0 Å². The molecule has 1 aliphatic carbocycles. The Hall–Kier alpha value is -3.61. The summed E-state index contributed by atoms with van der Waals surface area (Å²) < 4.78 is 13.0. The molecule has 7 nitrogen and oxygen atoms in total. The molecule has 0 bridgehead atoms. The Labute approximate surface area is 222 Å². The van der Waals surface area contributed by atoms with Gasteiger partial charge >= 0.3 is 0 Å². The van der Waals surface area contributed by atoms with Crippen LogP contribution in [0.15, 0.2) is 41.7 Å². The molecule has 2 atom stereocenters. The van der Waals surface area contributed by atoms with Crippen molar-refractivity contribution in [2.45, 2.75) is 73.0 Å². The van der Waals surface area contributed by atoms with Crippen molar-refractivity contribution in [2.24, 2.45) is 16.7 Å². The maximum absolute atomic E-state index is 13.9. The van der Waals surface area contributed by atoms with Crippen molar-refractivity contribution < 1.29 is 34.1 Å². The number of fused-ring (bicyclic) bond motifs is 4. The molecular formula is C31H34O7. The molecule has 0 unspecified atom stereocenters. The molecule has 0 fully saturated rings. The van der Waals surface area contributed by atoms with Crippen molar-refractivity contribution in [3.63, 3.8) is 0 Å². The van der Waals surface area contributed by atoms with Crippen LogP contribution in [0.4, 0.5) is 0 Å². The number of rotatable bonds is 5. The van der Waals surface area contributed by atoms with Crippen molar-refractivity contribution in [1.29, 1.82) is 0 Å². The van der Waals surface area contributed by atoms with Crippen LogP contribution in [-0.4, -0.2) is 33.3 Å². The number of aromatic hydroxyl groups is 2. The molecule has 3 aliphatic rings. The van der Waals surface area contributed by atoms with Gasteiger partial charge in [0.1, 0.15) is 34.5 Å². The van der Waals surface area contributed by atoms with Gasteiger partial charge < -0.3 is 19.7 Å². The van der Waals surface area contributed by atoms with Gasteiger partial charge in [0.25, 0.3) is 5.79 Å². The maximum Gasteiger partial charge on any atom is 0.264 e. The minimum atomic E-state index is -1.47. The summed E-state index contributed by atoms with van der Waals surface area (Å²) in [5.74, 6) is -3.98. The second kappa shape index (κ2) is 8.19. The van der Waals surface area contributed by atoms with E-state index in [1.165, 1.54) is 6.92 Å². The van der Waals surface area contributed by atoms with Crippen LogP contribution in [0.5, 0.6) is 17.2 Å². The van der Waals surface area contributed by atoms with Crippen LogP contribution < -0.4 is 4.74 Å². The van der Waals surface area contributed by atoms with Gasteiger partial charge in [-0.2, -0.15) is 0 Å². The van der Waals surface area contributed by atoms with Gasteiger partial charge in [0, 0.05) is 17.9 Å². The first-order chi connectivity index (χ1) is 17.7. The lowest BCUT2D eigenvalue weighted by Crippen LogP contribution is -2.48. The Morgan fingerprint density at radius 3 is 2.21 bits per heavy atom. The van der Waals surface area contributed by atoms with Gasteiger partial charge in [-0.05, 0) is 46.6 Å². The highest BCUT2D eigenvalue weighted by molar-refractivity contribution is 6.20. The SMILES string of the molecule is Cc1c(O)c(C(=O)CCc2ccccc2)c2c(c1O)[C@@H]1C3=C(O[C@]1(C(C)C)O2)C(C)(C)C(=O)C(C)(C)C3=O. The number of hydrogen-bond donors (Lipinski definition) is 2. The van der Waals surface area contributed by atoms with Gasteiger partial charge in [-0.1, -0.05) is 44.2 Å². The van der Waals surface area contributed by atoms with Gasteiger partial charge in [0.15, 0.2) is 17.3 Å². The molecule has 2 aliphatic heterocycles. The van der Waals surface area contributed by atoms with Crippen molar-refractivity contribution in [2.75, 3.05) is 0 Å². The topological polar surface area (TPSA) is 110 Å². The fourth-order valence-electron chi connectivity index (χ4n) is 6.29. The number of allylic oxidation sites excluding steroid dienone is 1. The fraction of sp³-hybridized carbons (Fsp3) is 0.452. The Balaban J connectivity index is 1.71. The molecule has 2 heterocycles. The number of Topliss-reactive ketones (excluding diaryl/α,β-unsaturated/α-hetero) is 3. The molecule has 2 aromatic rings. The van der Waals surface area contributed by atoms with Gasteiger partial charge in [0.2, 0.25) is 0 Å². The molecule has 200 valence electrons. The number of aryl methyl sites for hydroxylation is 1. The van der Waals surface area contributed by atoms with Gasteiger partial charge in [-0.15, -0.1) is 0 Å². The van der Waals surface area contributed by atoms with E-state index in [0.29, 0.717) is 6.42 Å². The average molecular weight is 519 g/mol. The maximum atomic E-state index is 13.9. The van der Waals surface area contributed by atoms with Crippen LogP contribution in [0.2, 0.25) is 0 Å². The van der Waals surface area contributed by atoms with Crippen LogP contribution in [0.25, 0.3) is 0 Å². The van der Waals surface area contributed by atoms with Crippen molar-refractivity contribution in [1.82, 2.24) is 0 Å². The number of phenolic OH excluding ortho intramolecular Hbond substituents is 2. The predicted molar refractivity (Wildman–Crippen MR) is 140 cm³/mol. The first-order valence-corrected chi connectivity index (χ1v) is 13.1. The summed E-state index contributed by atoms with van der Waals surface area (Å²) >= 11 is 0. The minimum absolute atomic E-state index is 0.0238. The zero-order valence-corrected chi connectivity index (χ0v) is 22.9. The van der Waals surface area contributed by atoms with E-state index in [4.69, 9.17) is 9.47 Å². The Morgan fingerprint density at radius 2 is 1.61 bits per heavy atom. The van der Waals surface area contributed by atoms with E-state index in [1.807, 2.05) is 44.2 Å². The van der Waals surface area contributed by atoms with Crippen LogP contribution in [0.1, 0.15) is 80.9 Å². The van der Waals surface area contributed by atoms with E-state index < -0.39 is 22.5 Å². The van der Waals surface area contributed by atoms with Crippen molar-refractivity contribution >= 4 is 17.3 Å². The highest BCUT2D eigenvalue weighted by Crippen LogP contribution is 2.66. The molecule has 2 N–H and O–H groups in total. The number of carbonyl (C=O) groups is 3. The Bertz CT molecular complexity index is 1430. The predicted octanol–water partition coefficient (Wildman–Crippen LogP) is 5.54. The summed E-state index contributed by atoms with van der Waals surface area (Å²) in [4.78, 5) is 40.8. The van der Waals surface area contributed by atoms with Crippen molar-refractivity contribution in [3.8, 4) is 17.2 Å². The van der Waals surface area contributed by atoms with Crippen LogP contribution in [0, 0.1) is 23.7 Å². The smallest absolute Gasteiger partial charge is 0.264 e. The second-order valence-corrected chi connectivity index (χ2v) is 12.0.